The molecule has 0 radical (unpaired) electrons. The Bertz CT molecular complexity index is 952. The fourth-order valence-corrected chi connectivity index (χ4v) is 4.00. The van der Waals surface area contributed by atoms with Crippen molar-refractivity contribution in [2.75, 3.05) is 12.9 Å². The SMILES string of the molecule is CSc1nc(C(=O)N[C@@H](c2ccc(F)cc2)[C@@H]2CCCO2)c2ccccn12. The van der Waals surface area contributed by atoms with Crippen molar-refractivity contribution in [1.82, 2.24) is 14.7 Å². The number of ether oxygens (including phenoxy) is 1. The molecule has 1 N–H and O–H groups in total. The minimum absolute atomic E-state index is 0.131. The molecule has 5 nitrogen and oxygen atoms in total. The van der Waals surface area contributed by atoms with Gasteiger partial charge in [0.05, 0.1) is 17.7 Å². The van der Waals surface area contributed by atoms with Crippen LogP contribution >= 0.6 is 11.8 Å². The van der Waals surface area contributed by atoms with E-state index in [4.69, 9.17) is 4.74 Å². The molecule has 3 heterocycles. The highest BCUT2D eigenvalue weighted by molar-refractivity contribution is 7.98. The van der Waals surface area contributed by atoms with Crippen LogP contribution in [0.2, 0.25) is 0 Å². The molecule has 0 bridgehead atoms. The van der Waals surface area contributed by atoms with Crippen molar-refractivity contribution in [2.24, 2.45) is 0 Å². The minimum atomic E-state index is -0.348. The van der Waals surface area contributed by atoms with Gasteiger partial charge < -0.3 is 10.1 Å². The summed E-state index contributed by atoms with van der Waals surface area (Å²) in [6.45, 7) is 0.669. The number of hydrogen-bond acceptors (Lipinski definition) is 4. The number of thioether (sulfide) groups is 1. The first-order valence-electron chi connectivity index (χ1n) is 8.86. The molecule has 27 heavy (non-hydrogen) atoms. The van der Waals surface area contributed by atoms with Crippen LogP contribution in [0, 0.1) is 5.82 Å². The number of carbonyl (C=O) groups is 1. The van der Waals surface area contributed by atoms with Crippen LogP contribution < -0.4 is 5.32 Å². The number of hydrogen-bond donors (Lipinski definition) is 1. The number of rotatable bonds is 5. The average molecular weight is 385 g/mol. The number of amides is 1. The smallest absolute Gasteiger partial charge is 0.272 e. The van der Waals surface area contributed by atoms with Crippen molar-refractivity contribution in [3.8, 4) is 0 Å². The fourth-order valence-electron chi connectivity index (χ4n) is 3.46. The summed E-state index contributed by atoms with van der Waals surface area (Å²) in [6.07, 6.45) is 5.48. The van der Waals surface area contributed by atoms with E-state index in [-0.39, 0.29) is 23.9 Å². The van der Waals surface area contributed by atoms with Crippen LogP contribution in [0.1, 0.15) is 34.9 Å². The van der Waals surface area contributed by atoms with Crippen molar-refractivity contribution in [1.29, 1.82) is 0 Å². The summed E-state index contributed by atoms with van der Waals surface area (Å²) in [5.41, 5.74) is 1.96. The maximum absolute atomic E-state index is 13.3. The monoisotopic (exact) mass is 385 g/mol. The molecule has 1 aromatic carbocycles. The number of aromatic nitrogens is 2. The first kappa shape index (κ1) is 18.0. The molecule has 7 heteroatoms. The molecule has 4 rings (SSSR count). The molecule has 1 amide bonds. The second-order valence-electron chi connectivity index (χ2n) is 6.46. The second-order valence-corrected chi connectivity index (χ2v) is 7.23. The third kappa shape index (κ3) is 3.57. The number of fused-ring (bicyclic) bond motifs is 1. The van der Waals surface area contributed by atoms with Gasteiger partial charge in [0, 0.05) is 12.8 Å². The minimum Gasteiger partial charge on any atom is -0.376 e. The summed E-state index contributed by atoms with van der Waals surface area (Å²) in [6, 6.07) is 11.5. The molecule has 1 saturated heterocycles. The summed E-state index contributed by atoms with van der Waals surface area (Å²) >= 11 is 1.48. The first-order valence-corrected chi connectivity index (χ1v) is 10.1. The van der Waals surface area contributed by atoms with Crippen molar-refractivity contribution >= 4 is 23.2 Å². The Morgan fingerprint density at radius 3 is 2.85 bits per heavy atom. The van der Waals surface area contributed by atoms with E-state index in [1.54, 1.807) is 12.1 Å². The van der Waals surface area contributed by atoms with Gasteiger partial charge in [-0.2, -0.15) is 0 Å². The summed E-state index contributed by atoms with van der Waals surface area (Å²) in [7, 11) is 0. The van der Waals surface area contributed by atoms with Gasteiger partial charge >= 0.3 is 0 Å². The third-order valence-electron chi connectivity index (χ3n) is 4.77. The largest absolute Gasteiger partial charge is 0.376 e. The maximum atomic E-state index is 13.3. The highest BCUT2D eigenvalue weighted by Crippen LogP contribution is 2.28. The maximum Gasteiger partial charge on any atom is 0.272 e. The van der Waals surface area contributed by atoms with Crippen molar-refractivity contribution < 1.29 is 13.9 Å². The van der Waals surface area contributed by atoms with E-state index in [0.717, 1.165) is 29.1 Å². The van der Waals surface area contributed by atoms with Gasteiger partial charge in [-0.1, -0.05) is 30.0 Å². The Kier molecular flexibility index (Phi) is 5.13. The first-order chi connectivity index (χ1) is 13.2. The molecule has 1 fully saturated rings. The molecule has 0 unspecified atom stereocenters. The van der Waals surface area contributed by atoms with E-state index in [1.807, 2.05) is 35.1 Å². The van der Waals surface area contributed by atoms with Gasteiger partial charge in [-0.05, 0) is 48.9 Å². The van der Waals surface area contributed by atoms with E-state index in [0.29, 0.717) is 12.3 Å². The fraction of sp³-hybridized carbons (Fsp3) is 0.300. The molecular formula is C20H20FN3O2S. The zero-order valence-corrected chi connectivity index (χ0v) is 15.7. The van der Waals surface area contributed by atoms with Gasteiger partial charge in [0.2, 0.25) is 0 Å². The number of nitrogens with one attached hydrogen (secondary N) is 1. The number of carbonyl (C=O) groups excluding carboxylic acids is 1. The molecule has 0 saturated carbocycles. The predicted molar refractivity (Wildman–Crippen MR) is 103 cm³/mol. The van der Waals surface area contributed by atoms with Gasteiger partial charge in [-0.15, -0.1) is 0 Å². The number of pyridine rings is 1. The lowest BCUT2D eigenvalue weighted by Gasteiger charge is -2.24. The second kappa shape index (κ2) is 7.70. The molecule has 0 spiro atoms. The molecule has 2 aromatic heterocycles. The Balaban J connectivity index is 1.67. The number of imidazole rings is 1. The van der Waals surface area contributed by atoms with Crippen molar-refractivity contribution in [3.63, 3.8) is 0 Å². The van der Waals surface area contributed by atoms with E-state index in [9.17, 15) is 9.18 Å². The summed E-state index contributed by atoms with van der Waals surface area (Å²) in [5, 5.41) is 3.82. The van der Waals surface area contributed by atoms with Crippen molar-refractivity contribution in [3.05, 3.63) is 65.7 Å². The standard InChI is InChI=1S/C20H20FN3O2S/c1-27-20-23-18(15-5-2-3-11-24(15)20)19(25)22-17(16-6-4-12-26-16)13-7-9-14(21)10-8-13/h2-3,5,7-11,16-17H,4,6,12H2,1H3,(H,22,25)/t16-,17-/m0/s1. The normalized spacial score (nSPS) is 17.9. The Labute approximate surface area is 160 Å². The zero-order chi connectivity index (χ0) is 18.8. The lowest BCUT2D eigenvalue weighted by atomic mass is 9.99. The summed E-state index contributed by atoms with van der Waals surface area (Å²) in [4.78, 5) is 17.6. The van der Waals surface area contributed by atoms with Crippen LogP contribution in [-0.2, 0) is 4.74 Å². The number of nitrogens with zero attached hydrogens (tertiary/aromatic N) is 2. The third-order valence-corrected chi connectivity index (χ3v) is 5.42. The molecule has 3 aromatic rings. The Morgan fingerprint density at radius 1 is 1.33 bits per heavy atom. The quantitative estimate of drug-likeness (QED) is 0.678. The lowest BCUT2D eigenvalue weighted by molar-refractivity contribution is 0.0670. The number of halogens is 1. The zero-order valence-electron chi connectivity index (χ0n) is 14.9. The Morgan fingerprint density at radius 2 is 2.15 bits per heavy atom. The van der Waals surface area contributed by atoms with Crippen LogP contribution in [0.15, 0.2) is 53.8 Å². The summed E-state index contributed by atoms with van der Waals surface area (Å²) < 4.78 is 21.1. The topological polar surface area (TPSA) is 55.6 Å². The van der Waals surface area contributed by atoms with Crippen LogP contribution in [-0.4, -0.2) is 34.3 Å². The molecule has 1 aliphatic rings. The van der Waals surface area contributed by atoms with E-state index in [1.165, 1.54) is 23.9 Å². The van der Waals surface area contributed by atoms with Crippen LogP contribution in [0.5, 0.6) is 0 Å². The molecular weight excluding hydrogens is 365 g/mol. The number of benzene rings is 1. The average Bonchev–Trinajstić information content (AvgIpc) is 3.35. The van der Waals surface area contributed by atoms with Crippen molar-refractivity contribution in [2.45, 2.75) is 30.1 Å². The van der Waals surface area contributed by atoms with Gasteiger partial charge in [-0.25, -0.2) is 9.37 Å². The van der Waals surface area contributed by atoms with E-state index in [2.05, 4.69) is 10.3 Å². The van der Waals surface area contributed by atoms with Gasteiger partial charge in [-0.3, -0.25) is 9.20 Å². The van der Waals surface area contributed by atoms with E-state index < -0.39 is 0 Å². The van der Waals surface area contributed by atoms with E-state index >= 15 is 0 Å². The van der Waals surface area contributed by atoms with Crippen LogP contribution in [0.4, 0.5) is 4.39 Å². The molecule has 2 atom stereocenters. The Hall–Kier alpha value is -2.38. The molecule has 140 valence electrons. The molecule has 1 aliphatic heterocycles. The van der Waals surface area contributed by atoms with Crippen LogP contribution in [0.3, 0.4) is 0 Å². The predicted octanol–water partition coefficient (Wildman–Crippen LogP) is 3.85. The van der Waals surface area contributed by atoms with Crippen LogP contribution in [0.25, 0.3) is 5.52 Å². The van der Waals surface area contributed by atoms with Gasteiger partial charge in [0.1, 0.15) is 5.82 Å². The highest BCUT2D eigenvalue weighted by Gasteiger charge is 2.30. The lowest BCUT2D eigenvalue weighted by Crippen LogP contribution is -2.36. The summed E-state index contributed by atoms with van der Waals surface area (Å²) in [5.74, 6) is -0.565. The highest BCUT2D eigenvalue weighted by atomic mass is 32.2. The van der Waals surface area contributed by atoms with Gasteiger partial charge in [0.25, 0.3) is 5.91 Å². The molecule has 0 aliphatic carbocycles. The van der Waals surface area contributed by atoms with Gasteiger partial charge in [0.15, 0.2) is 10.9 Å².